The van der Waals surface area contributed by atoms with Gasteiger partial charge in [0.05, 0.1) is 6.61 Å². The molecular weight excluding hydrogens is 166 g/mol. The van der Waals surface area contributed by atoms with E-state index in [-0.39, 0.29) is 6.09 Å². The van der Waals surface area contributed by atoms with Crippen molar-refractivity contribution in [3.63, 3.8) is 0 Å². The van der Waals surface area contributed by atoms with Gasteiger partial charge >= 0.3 is 6.09 Å². The van der Waals surface area contributed by atoms with Crippen LogP contribution < -0.4 is 0 Å². The summed E-state index contributed by atoms with van der Waals surface area (Å²) in [5.74, 6) is 0.490. The highest BCUT2D eigenvalue weighted by Gasteiger charge is 2.09. The van der Waals surface area contributed by atoms with E-state index in [0.717, 1.165) is 6.54 Å². The van der Waals surface area contributed by atoms with Crippen molar-refractivity contribution >= 4 is 6.09 Å². The van der Waals surface area contributed by atoms with Crippen molar-refractivity contribution in [3.05, 3.63) is 0 Å². The summed E-state index contributed by atoms with van der Waals surface area (Å²) in [5.41, 5.74) is 0. The summed E-state index contributed by atoms with van der Waals surface area (Å²) in [6.07, 6.45) is -0.235. The molecule has 1 amide bonds. The minimum absolute atomic E-state index is 0.235. The molecule has 0 spiro atoms. The van der Waals surface area contributed by atoms with Gasteiger partial charge in [-0.15, -0.1) is 0 Å². The molecule has 80 valence electrons. The van der Waals surface area contributed by atoms with Gasteiger partial charge in [0.1, 0.15) is 0 Å². The number of carbonyl (C=O) groups excluding carboxylic acids is 1. The second-order valence-electron chi connectivity index (χ2n) is 2.97. The molecule has 0 aliphatic carbocycles. The second-order valence-corrected chi connectivity index (χ2v) is 2.97. The average molecular weight is 189 g/mol. The van der Waals surface area contributed by atoms with Crippen LogP contribution in [0.1, 0.15) is 34.6 Å². The summed E-state index contributed by atoms with van der Waals surface area (Å²) in [4.78, 5) is 12.6. The number of rotatable bonds is 3. The zero-order valence-corrected chi connectivity index (χ0v) is 9.76. The number of amides is 1. The van der Waals surface area contributed by atoms with Crippen molar-refractivity contribution in [2.45, 2.75) is 34.6 Å². The van der Waals surface area contributed by atoms with Gasteiger partial charge in [0.25, 0.3) is 0 Å². The maximum absolute atomic E-state index is 11.0. The van der Waals surface area contributed by atoms with Crippen LogP contribution in [0.25, 0.3) is 0 Å². The second kappa shape index (κ2) is 9.36. The lowest BCUT2D eigenvalue weighted by atomic mass is 10.2. The molecule has 0 N–H and O–H groups in total. The van der Waals surface area contributed by atoms with Gasteiger partial charge in [-0.2, -0.15) is 0 Å². The van der Waals surface area contributed by atoms with Crippen molar-refractivity contribution in [3.8, 4) is 0 Å². The molecule has 0 saturated heterocycles. The molecule has 0 fully saturated rings. The van der Waals surface area contributed by atoms with Crippen LogP contribution in [0.3, 0.4) is 0 Å². The number of hydrogen-bond acceptors (Lipinski definition) is 2. The minimum atomic E-state index is -0.235. The molecule has 13 heavy (non-hydrogen) atoms. The first kappa shape index (κ1) is 14.8. The van der Waals surface area contributed by atoms with E-state index in [1.165, 1.54) is 0 Å². The Labute approximate surface area is 82.1 Å². The Kier molecular flexibility index (Phi) is 10.6. The Morgan fingerprint density at radius 1 is 1.38 bits per heavy atom. The molecule has 0 heterocycles. The number of nitrogens with zero attached hydrogens (tertiary/aromatic N) is 1. The highest BCUT2D eigenvalue weighted by Crippen LogP contribution is 1.97. The smallest absolute Gasteiger partial charge is 0.409 e. The van der Waals surface area contributed by atoms with E-state index in [4.69, 9.17) is 4.74 Å². The SMILES string of the molecule is CC.CCOC(=O)N(C)CC(C)C. The molecule has 0 aromatic rings. The summed E-state index contributed by atoms with van der Waals surface area (Å²) in [7, 11) is 1.75. The molecule has 0 rings (SSSR count). The quantitative estimate of drug-likeness (QED) is 0.683. The maximum atomic E-state index is 11.0. The van der Waals surface area contributed by atoms with Crippen LogP contribution in [0.2, 0.25) is 0 Å². The lowest BCUT2D eigenvalue weighted by Crippen LogP contribution is -2.30. The largest absolute Gasteiger partial charge is 0.450 e. The van der Waals surface area contributed by atoms with E-state index in [2.05, 4.69) is 13.8 Å². The topological polar surface area (TPSA) is 29.5 Å². The van der Waals surface area contributed by atoms with E-state index < -0.39 is 0 Å². The van der Waals surface area contributed by atoms with Crippen molar-refractivity contribution < 1.29 is 9.53 Å². The van der Waals surface area contributed by atoms with Crippen molar-refractivity contribution in [1.82, 2.24) is 4.90 Å². The molecule has 0 atom stereocenters. The van der Waals surface area contributed by atoms with Crippen molar-refractivity contribution in [1.29, 1.82) is 0 Å². The molecule has 0 aliphatic heterocycles. The third-order valence-corrected chi connectivity index (χ3v) is 1.22. The minimum Gasteiger partial charge on any atom is -0.450 e. The van der Waals surface area contributed by atoms with Crippen LogP contribution in [-0.2, 0) is 4.74 Å². The average Bonchev–Trinajstić information content (AvgIpc) is 2.07. The summed E-state index contributed by atoms with van der Waals surface area (Å²) in [5, 5.41) is 0. The summed E-state index contributed by atoms with van der Waals surface area (Å²) in [6.45, 7) is 11.1. The van der Waals surface area contributed by atoms with Gasteiger partial charge in [-0.25, -0.2) is 4.79 Å². The summed E-state index contributed by atoms with van der Waals surface area (Å²) in [6, 6.07) is 0. The number of carbonyl (C=O) groups is 1. The molecule has 0 aromatic heterocycles. The van der Waals surface area contributed by atoms with Crippen LogP contribution in [0.5, 0.6) is 0 Å². The van der Waals surface area contributed by atoms with Crippen LogP contribution in [0, 0.1) is 5.92 Å². The number of ether oxygens (including phenoxy) is 1. The number of hydrogen-bond donors (Lipinski definition) is 0. The van der Waals surface area contributed by atoms with E-state index in [1.807, 2.05) is 13.8 Å². The van der Waals surface area contributed by atoms with E-state index in [9.17, 15) is 4.79 Å². The zero-order valence-electron chi connectivity index (χ0n) is 9.76. The Balaban J connectivity index is 0. The van der Waals surface area contributed by atoms with Gasteiger partial charge in [0.2, 0.25) is 0 Å². The highest BCUT2D eigenvalue weighted by molar-refractivity contribution is 5.67. The fraction of sp³-hybridized carbons (Fsp3) is 0.900. The lowest BCUT2D eigenvalue weighted by Gasteiger charge is -2.17. The molecule has 0 saturated carbocycles. The van der Waals surface area contributed by atoms with E-state index in [1.54, 1.807) is 18.9 Å². The first-order valence-electron chi connectivity index (χ1n) is 4.95. The Bertz CT molecular complexity index is 124. The van der Waals surface area contributed by atoms with Crippen LogP contribution >= 0.6 is 0 Å². The zero-order chi connectivity index (χ0) is 10.9. The Morgan fingerprint density at radius 2 is 1.85 bits per heavy atom. The monoisotopic (exact) mass is 189 g/mol. The van der Waals surface area contributed by atoms with Gasteiger partial charge in [-0.3, -0.25) is 0 Å². The van der Waals surface area contributed by atoms with Crippen molar-refractivity contribution in [2.75, 3.05) is 20.2 Å². The summed E-state index contributed by atoms with van der Waals surface area (Å²) < 4.78 is 4.79. The predicted octanol–water partition coefficient (Wildman–Crippen LogP) is 2.76. The molecule has 3 nitrogen and oxygen atoms in total. The fourth-order valence-corrected chi connectivity index (χ4v) is 0.856. The molecule has 3 heteroatoms. The van der Waals surface area contributed by atoms with Gasteiger partial charge in [-0.1, -0.05) is 27.7 Å². The molecule has 0 bridgehead atoms. The molecular formula is C10H23NO2. The maximum Gasteiger partial charge on any atom is 0.409 e. The first-order valence-corrected chi connectivity index (χ1v) is 4.95. The molecule has 0 aromatic carbocycles. The molecule has 0 aliphatic rings. The van der Waals surface area contributed by atoms with Gasteiger partial charge in [-0.05, 0) is 12.8 Å². The van der Waals surface area contributed by atoms with Gasteiger partial charge < -0.3 is 9.64 Å². The van der Waals surface area contributed by atoms with Gasteiger partial charge in [0, 0.05) is 13.6 Å². The predicted molar refractivity (Wildman–Crippen MR) is 55.8 cm³/mol. The normalized spacial score (nSPS) is 8.85. The first-order chi connectivity index (χ1) is 6.07. The van der Waals surface area contributed by atoms with Gasteiger partial charge in [0.15, 0.2) is 0 Å². The fourth-order valence-electron chi connectivity index (χ4n) is 0.856. The standard InChI is InChI=1S/C8H17NO2.C2H6/c1-5-11-8(10)9(4)6-7(2)3;1-2/h7H,5-6H2,1-4H3;1-2H3. The van der Waals surface area contributed by atoms with Crippen LogP contribution in [-0.4, -0.2) is 31.2 Å². The Morgan fingerprint density at radius 3 is 2.15 bits per heavy atom. The molecule has 0 radical (unpaired) electrons. The summed E-state index contributed by atoms with van der Waals surface area (Å²) >= 11 is 0. The Hall–Kier alpha value is -0.730. The lowest BCUT2D eigenvalue weighted by molar-refractivity contribution is 0.112. The highest BCUT2D eigenvalue weighted by atomic mass is 16.5. The van der Waals surface area contributed by atoms with Crippen LogP contribution in [0.4, 0.5) is 4.79 Å². The van der Waals surface area contributed by atoms with Crippen molar-refractivity contribution in [2.24, 2.45) is 5.92 Å². The third kappa shape index (κ3) is 9.18. The van der Waals surface area contributed by atoms with E-state index >= 15 is 0 Å². The third-order valence-electron chi connectivity index (χ3n) is 1.22. The molecule has 0 unspecified atom stereocenters. The van der Waals surface area contributed by atoms with Crippen LogP contribution in [0.15, 0.2) is 0 Å². The van der Waals surface area contributed by atoms with E-state index in [0.29, 0.717) is 12.5 Å².